The van der Waals surface area contributed by atoms with E-state index in [9.17, 15) is 4.79 Å². The Labute approximate surface area is 181 Å². The van der Waals surface area contributed by atoms with Gasteiger partial charge in [0.05, 0.1) is 0 Å². The van der Waals surface area contributed by atoms with Crippen molar-refractivity contribution >= 4 is 23.0 Å². The molecule has 0 unspecified atom stereocenters. The lowest BCUT2D eigenvalue weighted by Crippen LogP contribution is -2.29. The van der Waals surface area contributed by atoms with E-state index in [1.54, 1.807) is 19.1 Å². The van der Waals surface area contributed by atoms with Gasteiger partial charge in [0.15, 0.2) is 11.4 Å². The molecule has 0 bridgehead atoms. The summed E-state index contributed by atoms with van der Waals surface area (Å²) in [6, 6.07) is 16.7. The molecular weight excluding hydrogens is 396 g/mol. The summed E-state index contributed by atoms with van der Waals surface area (Å²) >= 11 is 0. The van der Waals surface area contributed by atoms with Gasteiger partial charge in [0, 0.05) is 23.7 Å². The van der Waals surface area contributed by atoms with E-state index in [0.717, 1.165) is 5.56 Å². The summed E-state index contributed by atoms with van der Waals surface area (Å²) in [4.78, 5) is 27.3. The van der Waals surface area contributed by atoms with Crippen molar-refractivity contribution in [1.29, 1.82) is 0 Å². The molecule has 2 rings (SSSR count). The number of hydrogen-bond donors (Lipinski definition) is 1. The van der Waals surface area contributed by atoms with E-state index >= 15 is 0 Å². The van der Waals surface area contributed by atoms with Crippen molar-refractivity contribution in [1.82, 2.24) is 5.32 Å². The van der Waals surface area contributed by atoms with Crippen LogP contribution in [0.4, 0.5) is 0 Å². The third kappa shape index (κ3) is 7.01. The first-order valence-electron chi connectivity index (χ1n) is 9.37. The summed E-state index contributed by atoms with van der Waals surface area (Å²) in [6.45, 7) is 1.81. The minimum atomic E-state index is -0.375. The van der Waals surface area contributed by atoms with E-state index < -0.39 is 0 Å². The normalized spacial score (nSPS) is 11.8. The predicted molar refractivity (Wildman–Crippen MR) is 120 cm³/mol. The molecule has 0 spiro atoms. The van der Waals surface area contributed by atoms with Gasteiger partial charge in [0.2, 0.25) is 0 Å². The second-order valence-electron chi connectivity index (χ2n) is 6.05. The lowest BCUT2D eigenvalue weighted by molar-refractivity contribution is -0.114. The standard InChI is InChI=1S/C23H24N4O4/c1-17(21(26-29-3)15-14-18-10-6-5-7-11-18)25-31-16-19-12-8-9-13-20(19)22(27-30-4)23(28)24-2/h5-13H,16H2,1-4H3,(H,24,28). The number of benzene rings is 2. The maximum Gasteiger partial charge on any atom is 0.273 e. The van der Waals surface area contributed by atoms with Gasteiger partial charge >= 0.3 is 0 Å². The summed E-state index contributed by atoms with van der Waals surface area (Å²) in [5.74, 6) is 5.56. The van der Waals surface area contributed by atoms with Crippen LogP contribution in [-0.2, 0) is 25.9 Å². The number of hydrogen-bond acceptors (Lipinski definition) is 7. The van der Waals surface area contributed by atoms with Crippen LogP contribution in [0.25, 0.3) is 0 Å². The highest BCUT2D eigenvalue weighted by molar-refractivity contribution is 6.47. The first-order chi connectivity index (χ1) is 15.1. The van der Waals surface area contributed by atoms with Crippen molar-refractivity contribution in [2.24, 2.45) is 15.5 Å². The van der Waals surface area contributed by atoms with Gasteiger partial charge in [0.1, 0.15) is 26.5 Å². The van der Waals surface area contributed by atoms with E-state index in [1.165, 1.54) is 21.3 Å². The Morgan fingerprint density at radius 3 is 2.32 bits per heavy atom. The van der Waals surface area contributed by atoms with Gasteiger partial charge in [-0.1, -0.05) is 63.9 Å². The molecule has 160 valence electrons. The van der Waals surface area contributed by atoms with Gasteiger partial charge in [-0.2, -0.15) is 0 Å². The monoisotopic (exact) mass is 420 g/mol. The molecule has 8 nitrogen and oxygen atoms in total. The van der Waals surface area contributed by atoms with Crippen molar-refractivity contribution in [2.75, 3.05) is 21.3 Å². The summed E-state index contributed by atoms with van der Waals surface area (Å²) < 4.78 is 0. The second-order valence-corrected chi connectivity index (χ2v) is 6.05. The fourth-order valence-electron chi connectivity index (χ4n) is 2.47. The van der Waals surface area contributed by atoms with Gasteiger partial charge in [-0.3, -0.25) is 4.79 Å². The average Bonchev–Trinajstić information content (AvgIpc) is 2.80. The molecule has 0 fully saturated rings. The fourth-order valence-corrected chi connectivity index (χ4v) is 2.47. The molecule has 1 N–H and O–H groups in total. The van der Waals surface area contributed by atoms with E-state index in [0.29, 0.717) is 22.6 Å². The van der Waals surface area contributed by atoms with E-state index in [4.69, 9.17) is 14.5 Å². The van der Waals surface area contributed by atoms with Crippen molar-refractivity contribution < 1.29 is 19.3 Å². The smallest absolute Gasteiger partial charge is 0.273 e. The maximum absolute atomic E-state index is 12.2. The minimum absolute atomic E-state index is 0.0968. The number of carbonyl (C=O) groups excluding carboxylic acids is 1. The zero-order chi connectivity index (χ0) is 22.5. The highest BCUT2D eigenvalue weighted by Crippen LogP contribution is 2.13. The van der Waals surface area contributed by atoms with Crippen LogP contribution in [0.2, 0.25) is 0 Å². The van der Waals surface area contributed by atoms with Crippen LogP contribution >= 0.6 is 0 Å². The first-order valence-corrected chi connectivity index (χ1v) is 9.37. The summed E-state index contributed by atoms with van der Waals surface area (Å²) in [5.41, 5.74) is 3.05. The average molecular weight is 420 g/mol. The summed E-state index contributed by atoms with van der Waals surface area (Å²) in [6.07, 6.45) is 0. The minimum Gasteiger partial charge on any atom is -0.398 e. The molecule has 0 aliphatic heterocycles. The third-order valence-corrected chi connectivity index (χ3v) is 3.94. The number of amides is 1. The highest BCUT2D eigenvalue weighted by atomic mass is 16.6. The van der Waals surface area contributed by atoms with Gasteiger partial charge < -0.3 is 19.8 Å². The number of nitrogens with zero attached hydrogens (tertiary/aromatic N) is 3. The van der Waals surface area contributed by atoms with Crippen LogP contribution in [0.5, 0.6) is 0 Å². The van der Waals surface area contributed by atoms with Gasteiger partial charge in [0.25, 0.3) is 5.91 Å². The third-order valence-electron chi connectivity index (χ3n) is 3.94. The van der Waals surface area contributed by atoms with Crippen molar-refractivity contribution in [3.05, 3.63) is 71.3 Å². The Morgan fingerprint density at radius 2 is 1.65 bits per heavy atom. The van der Waals surface area contributed by atoms with E-state index in [1.807, 2.05) is 42.5 Å². The molecule has 31 heavy (non-hydrogen) atoms. The Kier molecular flexibility index (Phi) is 9.30. The van der Waals surface area contributed by atoms with E-state index in [2.05, 4.69) is 32.6 Å². The van der Waals surface area contributed by atoms with Crippen molar-refractivity contribution in [2.45, 2.75) is 13.5 Å². The molecule has 8 heteroatoms. The van der Waals surface area contributed by atoms with Crippen molar-refractivity contribution in [3.63, 3.8) is 0 Å². The molecule has 0 saturated heterocycles. The number of oxime groups is 3. The molecule has 0 saturated carbocycles. The van der Waals surface area contributed by atoms with Crippen LogP contribution in [0, 0.1) is 11.8 Å². The number of carbonyl (C=O) groups is 1. The topological polar surface area (TPSA) is 93.9 Å². The Bertz CT molecular complexity index is 1030. The highest BCUT2D eigenvalue weighted by Gasteiger charge is 2.17. The zero-order valence-corrected chi connectivity index (χ0v) is 17.9. The Balaban J connectivity index is 2.19. The second kappa shape index (κ2) is 12.4. The van der Waals surface area contributed by atoms with Gasteiger partial charge in [-0.25, -0.2) is 0 Å². The van der Waals surface area contributed by atoms with Crippen LogP contribution < -0.4 is 5.32 Å². The molecule has 0 aromatic heterocycles. The lowest BCUT2D eigenvalue weighted by Gasteiger charge is -2.10. The molecule has 2 aromatic carbocycles. The lowest BCUT2D eigenvalue weighted by atomic mass is 10.0. The van der Waals surface area contributed by atoms with Gasteiger partial charge in [-0.05, 0) is 25.0 Å². The quantitative estimate of drug-likeness (QED) is 0.404. The van der Waals surface area contributed by atoms with Crippen LogP contribution in [0.1, 0.15) is 23.6 Å². The van der Waals surface area contributed by atoms with Crippen LogP contribution in [0.15, 0.2) is 70.1 Å². The zero-order valence-electron chi connectivity index (χ0n) is 17.9. The molecular formula is C23H24N4O4. The summed E-state index contributed by atoms with van der Waals surface area (Å²) in [5, 5.41) is 14.4. The largest absolute Gasteiger partial charge is 0.398 e. The fraction of sp³-hybridized carbons (Fsp3) is 0.217. The molecule has 1 amide bonds. The molecule has 0 heterocycles. The maximum atomic E-state index is 12.2. The number of rotatable bonds is 8. The molecule has 0 aliphatic carbocycles. The van der Waals surface area contributed by atoms with Crippen LogP contribution in [-0.4, -0.2) is 44.3 Å². The Hall–Kier alpha value is -4.12. The molecule has 0 radical (unpaired) electrons. The molecule has 2 aromatic rings. The first kappa shape index (κ1) is 23.2. The van der Waals surface area contributed by atoms with Crippen LogP contribution in [0.3, 0.4) is 0 Å². The Morgan fingerprint density at radius 1 is 0.968 bits per heavy atom. The van der Waals surface area contributed by atoms with Crippen molar-refractivity contribution in [3.8, 4) is 11.8 Å². The number of likely N-dealkylation sites (N-methyl/N-ethyl adjacent to an activating group) is 1. The predicted octanol–water partition coefficient (Wildman–Crippen LogP) is 2.73. The van der Waals surface area contributed by atoms with E-state index in [-0.39, 0.29) is 18.2 Å². The SMILES string of the molecule is CNC(=O)C(=NOC)c1ccccc1CON=C(C)C(C#Cc1ccccc1)=NOC. The number of nitrogens with one attached hydrogen (secondary N) is 1. The van der Waals surface area contributed by atoms with Gasteiger partial charge in [-0.15, -0.1) is 0 Å². The molecule has 0 aliphatic rings. The summed E-state index contributed by atoms with van der Waals surface area (Å²) in [7, 11) is 4.33. The molecule has 0 atom stereocenters.